The summed E-state index contributed by atoms with van der Waals surface area (Å²) in [5.74, 6) is -0.368. The number of nitro groups is 1. The Balaban J connectivity index is 2.06. The van der Waals surface area contributed by atoms with Gasteiger partial charge in [0.1, 0.15) is 14.7 Å². The zero-order valence-corrected chi connectivity index (χ0v) is 16.3. The molecule has 0 heterocycles. The van der Waals surface area contributed by atoms with Crippen molar-refractivity contribution in [3.8, 4) is 0 Å². The van der Waals surface area contributed by atoms with E-state index in [1.54, 1.807) is 18.2 Å². The van der Waals surface area contributed by atoms with Crippen molar-refractivity contribution in [2.45, 2.75) is 33.0 Å². The van der Waals surface area contributed by atoms with Crippen LogP contribution >= 0.6 is 0 Å². The number of carbonyl (C=O) groups is 1. The molecule has 0 saturated heterocycles. The molecule has 0 N–H and O–H groups in total. The minimum atomic E-state index is -1.96. The molecular formula is C20H23NO4Si. The van der Waals surface area contributed by atoms with Crippen LogP contribution in [0.1, 0.15) is 18.9 Å². The highest BCUT2D eigenvalue weighted by Gasteiger charge is 2.29. The van der Waals surface area contributed by atoms with E-state index in [9.17, 15) is 14.9 Å². The summed E-state index contributed by atoms with van der Waals surface area (Å²) in [7, 11) is -1.96. The predicted octanol–water partition coefficient (Wildman–Crippen LogP) is 4.13. The molecule has 0 bridgehead atoms. The van der Waals surface area contributed by atoms with Gasteiger partial charge in [-0.25, -0.2) is 0 Å². The minimum absolute atomic E-state index is 0.0365. The summed E-state index contributed by atoms with van der Waals surface area (Å²) in [6.07, 6.45) is 2.19. The molecule has 0 unspecified atom stereocenters. The second-order valence-corrected chi connectivity index (χ2v) is 11.0. The SMILES string of the molecule is C/C=C(\CC(=O)OCc1ccccc1[N+](=O)[O-])[Si](C)(C)c1ccccc1. The van der Waals surface area contributed by atoms with Gasteiger partial charge in [0.2, 0.25) is 0 Å². The molecule has 6 heteroatoms. The summed E-state index contributed by atoms with van der Waals surface area (Å²) in [6.45, 7) is 6.24. The second-order valence-electron chi connectivity index (χ2n) is 6.53. The standard InChI is InChI=1S/C20H23NO4Si/c1-4-17(26(2,3)18-11-6-5-7-12-18)14-20(22)25-15-16-10-8-9-13-19(16)21(23)24/h4-13H,14-15H2,1-3H3/b17-4+. The van der Waals surface area contributed by atoms with Crippen molar-refractivity contribution < 1.29 is 14.5 Å². The van der Waals surface area contributed by atoms with Gasteiger partial charge in [0.15, 0.2) is 0 Å². The summed E-state index contributed by atoms with van der Waals surface area (Å²) < 4.78 is 5.32. The van der Waals surface area contributed by atoms with Gasteiger partial charge in [-0.2, -0.15) is 0 Å². The van der Waals surface area contributed by atoms with E-state index < -0.39 is 13.0 Å². The highest BCUT2D eigenvalue weighted by Crippen LogP contribution is 2.21. The topological polar surface area (TPSA) is 69.4 Å². The number of rotatable bonds is 7. The fraction of sp³-hybridized carbons (Fsp3) is 0.250. The maximum atomic E-state index is 12.3. The number of nitrogens with zero attached hydrogens (tertiary/aromatic N) is 1. The quantitative estimate of drug-likeness (QED) is 0.318. The van der Waals surface area contributed by atoms with Gasteiger partial charge in [-0.1, -0.05) is 72.0 Å². The van der Waals surface area contributed by atoms with Crippen molar-refractivity contribution in [2.24, 2.45) is 0 Å². The third kappa shape index (κ3) is 4.67. The smallest absolute Gasteiger partial charge is 0.309 e. The van der Waals surface area contributed by atoms with E-state index in [-0.39, 0.29) is 24.7 Å². The van der Waals surface area contributed by atoms with Crippen LogP contribution in [-0.2, 0) is 16.1 Å². The Bertz CT molecular complexity index is 816. The fourth-order valence-corrected chi connectivity index (χ4v) is 5.60. The van der Waals surface area contributed by atoms with Gasteiger partial charge in [-0.15, -0.1) is 0 Å². The van der Waals surface area contributed by atoms with Crippen LogP contribution in [0.2, 0.25) is 13.1 Å². The van der Waals surface area contributed by atoms with Crippen LogP contribution in [0.5, 0.6) is 0 Å². The van der Waals surface area contributed by atoms with E-state index in [1.165, 1.54) is 11.3 Å². The molecule has 0 amide bonds. The van der Waals surface area contributed by atoms with Crippen molar-refractivity contribution in [1.29, 1.82) is 0 Å². The summed E-state index contributed by atoms with van der Waals surface area (Å²) in [4.78, 5) is 22.9. The average molecular weight is 369 g/mol. The van der Waals surface area contributed by atoms with Gasteiger partial charge in [0, 0.05) is 6.07 Å². The number of hydrogen-bond donors (Lipinski definition) is 0. The third-order valence-corrected chi connectivity index (χ3v) is 8.41. The third-order valence-electron chi connectivity index (χ3n) is 4.56. The van der Waals surface area contributed by atoms with Crippen LogP contribution in [0.25, 0.3) is 0 Å². The van der Waals surface area contributed by atoms with E-state index in [4.69, 9.17) is 4.74 Å². The van der Waals surface area contributed by atoms with Crippen molar-refractivity contribution >= 4 is 24.9 Å². The van der Waals surface area contributed by atoms with E-state index in [0.29, 0.717) is 5.56 Å². The van der Waals surface area contributed by atoms with E-state index in [2.05, 4.69) is 25.2 Å². The molecule has 0 atom stereocenters. The van der Waals surface area contributed by atoms with Crippen LogP contribution in [0.3, 0.4) is 0 Å². The molecular weight excluding hydrogens is 346 g/mol. The first kappa shape index (κ1) is 19.6. The molecule has 2 aromatic rings. The maximum Gasteiger partial charge on any atom is 0.309 e. The number of allylic oxidation sites excluding steroid dienone is 1. The van der Waals surface area contributed by atoms with Crippen LogP contribution in [0.15, 0.2) is 65.9 Å². The Kier molecular flexibility index (Phi) is 6.46. The number of ether oxygens (including phenoxy) is 1. The normalized spacial score (nSPS) is 11.9. The molecule has 0 fully saturated rings. The Hall–Kier alpha value is -2.73. The fourth-order valence-electron chi connectivity index (χ4n) is 2.90. The molecule has 2 rings (SSSR count). The first-order valence-corrected chi connectivity index (χ1v) is 11.5. The number of benzene rings is 2. The maximum absolute atomic E-state index is 12.3. The Morgan fingerprint density at radius 1 is 1.12 bits per heavy atom. The van der Waals surface area contributed by atoms with E-state index >= 15 is 0 Å². The number of hydrogen-bond acceptors (Lipinski definition) is 4. The molecule has 136 valence electrons. The Morgan fingerprint density at radius 2 is 1.73 bits per heavy atom. The van der Waals surface area contributed by atoms with Gasteiger partial charge in [0.25, 0.3) is 5.69 Å². The van der Waals surface area contributed by atoms with Crippen LogP contribution in [0.4, 0.5) is 5.69 Å². The predicted molar refractivity (Wildman–Crippen MR) is 105 cm³/mol. The van der Waals surface area contributed by atoms with Crippen molar-refractivity contribution in [2.75, 3.05) is 0 Å². The van der Waals surface area contributed by atoms with Crippen LogP contribution in [0, 0.1) is 10.1 Å². The summed E-state index contributed by atoms with van der Waals surface area (Å²) in [5, 5.41) is 13.4. The lowest BCUT2D eigenvalue weighted by molar-refractivity contribution is -0.385. The first-order chi connectivity index (χ1) is 12.4. The average Bonchev–Trinajstić information content (AvgIpc) is 2.65. The lowest BCUT2D eigenvalue weighted by atomic mass is 10.2. The first-order valence-electron chi connectivity index (χ1n) is 8.45. The molecule has 0 saturated carbocycles. The summed E-state index contributed by atoms with van der Waals surface area (Å²) >= 11 is 0. The molecule has 0 aliphatic carbocycles. The number of esters is 1. The minimum Gasteiger partial charge on any atom is -0.460 e. The molecule has 0 aliphatic heterocycles. The summed E-state index contributed by atoms with van der Waals surface area (Å²) in [6, 6.07) is 16.5. The van der Waals surface area contributed by atoms with Gasteiger partial charge in [-0.3, -0.25) is 14.9 Å². The van der Waals surface area contributed by atoms with Crippen molar-refractivity contribution in [3.05, 3.63) is 81.5 Å². The molecule has 0 aliphatic rings. The van der Waals surface area contributed by atoms with Gasteiger partial charge in [-0.05, 0) is 13.0 Å². The molecule has 0 aromatic heterocycles. The zero-order valence-electron chi connectivity index (χ0n) is 15.3. The summed E-state index contributed by atoms with van der Waals surface area (Å²) in [5.41, 5.74) is 0.359. The largest absolute Gasteiger partial charge is 0.460 e. The molecule has 2 aromatic carbocycles. The monoisotopic (exact) mass is 369 g/mol. The van der Waals surface area contributed by atoms with E-state index in [0.717, 1.165) is 5.20 Å². The van der Waals surface area contributed by atoms with Crippen LogP contribution < -0.4 is 5.19 Å². The van der Waals surface area contributed by atoms with Crippen LogP contribution in [-0.4, -0.2) is 19.0 Å². The molecule has 0 spiro atoms. The number of carbonyl (C=O) groups excluding carboxylic acids is 1. The van der Waals surface area contributed by atoms with Gasteiger partial charge < -0.3 is 4.74 Å². The van der Waals surface area contributed by atoms with Gasteiger partial charge in [0.05, 0.1) is 16.9 Å². The number of nitro benzene ring substituents is 1. The second kappa shape index (κ2) is 8.58. The lowest BCUT2D eigenvalue weighted by Gasteiger charge is -2.26. The Labute approximate surface area is 154 Å². The highest BCUT2D eigenvalue weighted by molar-refractivity contribution is 6.95. The van der Waals surface area contributed by atoms with Crippen molar-refractivity contribution in [3.63, 3.8) is 0 Å². The van der Waals surface area contributed by atoms with E-state index in [1.807, 2.05) is 31.2 Å². The number of para-hydroxylation sites is 1. The molecule has 0 radical (unpaired) electrons. The van der Waals surface area contributed by atoms with Gasteiger partial charge >= 0.3 is 5.97 Å². The molecule has 26 heavy (non-hydrogen) atoms. The highest BCUT2D eigenvalue weighted by atomic mass is 28.3. The lowest BCUT2D eigenvalue weighted by Crippen LogP contribution is -2.44. The zero-order chi connectivity index (χ0) is 19.2. The Morgan fingerprint density at radius 3 is 2.35 bits per heavy atom. The molecule has 5 nitrogen and oxygen atoms in total. The van der Waals surface area contributed by atoms with Crippen molar-refractivity contribution in [1.82, 2.24) is 0 Å².